The van der Waals surface area contributed by atoms with Crippen LogP contribution in [-0.2, 0) is 9.59 Å². The van der Waals surface area contributed by atoms with Gasteiger partial charge in [0.1, 0.15) is 5.75 Å². The van der Waals surface area contributed by atoms with Crippen LogP contribution in [0.25, 0.3) is 0 Å². The third-order valence-electron chi connectivity index (χ3n) is 6.33. The van der Waals surface area contributed by atoms with Crippen LogP contribution in [0.3, 0.4) is 0 Å². The fourth-order valence-electron chi connectivity index (χ4n) is 4.37. The maximum absolute atomic E-state index is 12.8. The number of hydrogen-bond acceptors (Lipinski definition) is 4. The van der Waals surface area contributed by atoms with Crippen molar-refractivity contribution in [1.82, 2.24) is 15.1 Å². The number of carbonyl (C=O) groups excluding carboxylic acids is 3. The van der Waals surface area contributed by atoms with E-state index in [1.807, 2.05) is 55.5 Å². The molecule has 4 rings (SSSR count). The molecule has 32 heavy (non-hydrogen) atoms. The molecule has 0 bridgehead atoms. The van der Waals surface area contributed by atoms with Gasteiger partial charge < -0.3 is 19.9 Å². The maximum Gasteiger partial charge on any atom is 0.415 e. The van der Waals surface area contributed by atoms with Crippen LogP contribution in [0, 0.1) is 5.92 Å². The van der Waals surface area contributed by atoms with Crippen molar-refractivity contribution in [3.8, 4) is 5.75 Å². The Morgan fingerprint density at radius 3 is 2.28 bits per heavy atom. The number of nitrogens with one attached hydrogen (secondary N) is 1. The molecule has 0 aromatic heterocycles. The van der Waals surface area contributed by atoms with Crippen LogP contribution in [0.4, 0.5) is 4.79 Å². The van der Waals surface area contributed by atoms with Crippen molar-refractivity contribution in [2.24, 2.45) is 5.92 Å². The van der Waals surface area contributed by atoms with Crippen LogP contribution in [-0.4, -0.2) is 53.4 Å². The van der Waals surface area contributed by atoms with Gasteiger partial charge in [0.15, 0.2) is 0 Å². The number of para-hydroxylation sites is 1. The van der Waals surface area contributed by atoms with E-state index in [0.717, 1.165) is 5.56 Å². The van der Waals surface area contributed by atoms with E-state index in [2.05, 4.69) is 5.32 Å². The standard InChI is InChI=1S/C25H29N3O4/c1-18(19-8-4-2-5-9-19)28-17-20(16-23(28)29)24(30)26-21-12-14-27(15-13-21)25(31)32-22-10-6-3-7-11-22/h2-11,18,20-21H,12-17H2,1H3,(H,26,30). The number of hydrogen-bond donors (Lipinski definition) is 1. The Balaban J connectivity index is 1.24. The minimum absolute atomic E-state index is 0.000950. The van der Waals surface area contributed by atoms with Gasteiger partial charge in [0.2, 0.25) is 11.8 Å². The molecule has 7 nitrogen and oxygen atoms in total. The van der Waals surface area contributed by atoms with Gasteiger partial charge in [-0.1, -0.05) is 48.5 Å². The predicted molar refractivity (Wildman–Crippen MR) is 120 cm³/mol. The second kappa shape index (κ2) is 9.85. The van der Waals surface area contributed by atoms with Crippen LogP contribution >= 0.6 is 0 Å². The molecule has 2 saturated heterocycles. The van der Waals surface area contributed by atoms with Crippen molar-refractivity contribution in [3.63, 3.8) is 0 Å². The zero-order valence-corrected chi connectivity index (χ0v) is 18.3. The molecule has 2 heterocycles. The molecule has 2 aliphatic rings. The van der Waals surface area contributed by atoms with Gasteiger partial charge >= 0.3 is 6.09 Å². The van der Waals surface area contributed by atoms with Crippen LogP contribution in [0.2, 0.25) is 0 Å². The molecule has 3 amide bonds. The van der Waals surface area contributed by atoms with Gasteiger partial charge in [-0.25, -0.2) is 4.79 Å². The summed E-state index contributed by atoms with van der Waals surface area (Å²) in [5.41, 5.74) is 1.07. The third-order valence-corrected chi connectivity index (χ3v) is 6.33. The Morgan fingerprint density at radius 2 is 1.62 bits per heavy atom. The highest BCUT2D eigenvalue weighted by Gasteiger charge is 2.38. The van der Waals surface area contributed by atoms with E-state index in [9.17, 15) is 14.4 Å². The van der Waals surface area contributed by atoms with Gasteiger partial charge in [0, 0.05) is 32.1 Å². The molecule has 2 aromatic rings. The fraction of sp³-hybridized carbons (Fsp3) is 0.400. The Morgan fingerprint density at radius 1 is 1.00 bits per heavy atom. The summed E-state index contributed by atoms with van der Waals surface area (Å²) < 4.78 is 5.39. The smallest absolute Gasteiger partial charge is 0.410 e. The average Bonchev–Trinajstić information content (AvgIpc) is 3.22. The van der Waals surface area contributed by atoms with E-state index in [1.165, 1.54) is 0 Å². The molecule has 0 saturated carbocycles. The average molecular weight is 436 g/mol. The summed E-state index contributed by atoms with van der Waals surface area (Å²) in [5.74, 6) is 0.120. The van der Waals surface area contributed by atoms with E-state index in [0.29, 0.717) is 38.2 Å². The summed E-state index contributed by atoms with van der Waals surface area (Å²) in [4.78, 5) is 41.2. The Kier molecular flexibility index (Phi) is 6.73. The largest absolute Gasteiger partial charge is 0.415 e. The summed E-state index contributed by atoms with van der Waals surface area (Å²) in [6.45, 7) is 3.48. The third kappa shape index (κ3) is 5.10. The lowest BCUT2D eigenvalue weighted by molar-refractivity contribution is -0.130. The minimum atomic E-state index is -0.368. The zero-order chi connectivity index (χ0) is 22.5. The van der Waals surface area contributed by atoms with Crippen molar-refractivity contribution < 1.29 is 19.1 Å². The van der Waals surface area contributed by atoms with Crippen LogP contribution in [0.5, 0.6) is 5.75 Å². The lowest BCUT2D eigenvalue weighted by atomic mass is 10.0. The number of amides is 3. The van der Waals surface area contributed by atoms with Gasteiger partial charge in [0.05, 0.1) is 12.0 Å². The lowest BCUT2D eigenvalue weighted by Gasteiger charge is -2.32. The monoisotopic (exact) mass is 435 g/mol. The molecule has 7 heteroatoms. The SMILES string of the molecule is CC(c1ccccc1)N1CC(C(=O)NC2CCN(C(=O)Oc3ccccc3)CC2)CC1=O. The predicted octanol–water partition coefficient (Wildman–Crippen LogP) is 3.38. The number of carbonyl (C=O) groups is 3. The fourth-order valence-corrected chi connectivity index (χ4v) is 4.37. The van der Waals surface area contributed by atoms with Crippen molar-refractivity contribution in [1.29, 1.82) is 0 Å². The second-order valence-corrected chi connectivity index (χ2v) is 8.48. The Bertz CT molecular complexity index is 942. The molecule has 0 aliphatic carbocycles. The van der Waals surface area contributed by atoms with Gasteiger partial charge in [-0.05, 0) is 37.5 Å². The zero-order valence-electron chi connectivity index (χ0n) is 18.3. The van der Waals surface area contributed by atoms with E-state index in [-0.39, 0.29) is 42.3 Å². The molecule has 2 unspecified atom stereocenters. The first-order valence-corrected chi connectivity index (χ1v) is 11.2. The number of nitrogens with zero attached hydrogens (tertiary/aromatic N) is 2. The normalized spacial score (nSPS) is 20.2. The van der Waals surface area contributed by atoms with E-state index >= 15 is 0 Å². The molecule has 2 aliphatic heterocycles. The first-order valence-electron chi connectivity index (χ1n) is 11.2. The van der Waals surface area contributed by atoms with E-state index in [4.69, 9.17) is 4.74 Å². The van der Waals surface area contributed by atoms with Crippen molar-refractivity contribution in [3.05, 3.63) is 66.2 Å². The molecule has 1 N–H and O–H groups in total. The van der Waals surface area contributed by atoms with E-state index in [1.54, 1.807) is 21.9 Å². The molecule has 0 spiro atoms. The second-order valence-electron chi connectivity index (χ2n) is 8.48. The van der Waals surface area contributed by atoms with Crippen molar-refractivity contribution in [2.75, 3.05) is 19.6 Å². The molecule has 2 atom stereocenters. The highest BCUT2D eigenvalue weighted by Crippen LogP contribution is 2.28. The summed E-state index contributed by atoms with van der Waals surface area (Å²) in [6.07, 6.45) is 1.21. The number of benzene rings is 2. The van der Waals surface area contributed by atoms with Gasteiger partial charge in [-0.3, -0.25) is 9.59 Å². The van der Waals surface area contributed by atoms with Gasteiger partial charge in [-0.15, -0.1) is 0 Å². The number of likely N-dealkylation sites (tertiary alicyclic amines) is 2. The Labute approximate surface area is 188 Å². The maximum atomic E-state index is 12.8. The summed E-state index contributed by atoms with van der Waals surface area (Å²) in [6, 6.07) is 18.8. The number of piperidine rings is 1. The molecule has 168 valence electrons. The molecular formula is C25H29N3O4. The first kappa shape index (κ1) is 21.9. The molecule has 0 radical (unpaired) electrons. The number of ether oxygens (including phenoxy) is 1. The van der Waals surface area contributed by atoms with Crippen LogP contribution < -0.4 is 10.1 Å². The summed E-state index contributed by atoms with van der Waals surface area (Å²) in [5, 5.41) is 3.09. The lowest BCUT2D eigenvalue weighted by Crippen LogP contribution is -2.48. The first-order chi connectivity index (χ1) is 15.5. The highest BCUT2D eigenvalue weighted by molar-refractivity contribution is 5.89. The summed E-state index contributed by atoms with van der Waals surface area (Å²) in [7, 11) is 0. The quantitative estimate of drug-likeness (QED) is 0.781. The minimum Gasteiger partial charge on any atom is -0.410 e. The molecular weight excluding hydrogens is 406 g/mol. The van der Waals surface area contributed by atoms with E-state index < -0.39 is 0 Å². The topological polar surface area (TPSA) is 79.0 Å². The van der Waals surface area contributed by atoms with Gasteiger partial charge in [-0.2, -0.15) is 0 Å². The van der Waals surface area contributed by atoms with Crippen molar-refractivity contribution in [2.45, 2.75) is 38.3 Å². The van der Waals surface area contributed by atoms with Crippen LogP contribution in [0.15, 0.2) is 60.7 Å². The molecule has 2 fully saturated rings. The summed E-state index contributed by atoms with van der Waals surface area (Å²) >= 11 is 0. The highest BCUT2D eigenvalue weighted by atomic mass is 16.6. The number of rotatable bonds is 5. The van der Waals surface area contributed by atoms with Crippen molar-refractivity contribution >= 4 is 17.9 Å². The van der Waals surface area contributed by atoms with Gasteiger partial charge in [0.25, 0.3) is 0 Å². The van der Waals surface area contributed by atoms with Crippen LogP contribution in [0.1, 0.15) is 37.8 Å². The Hall–Kier alpha value is -3.35. The molecule has 2 aromatic carbocycles.